The van der Waals surface area contributed by atoms with Gasteiger partial charge in [-0.25, -0.2) is 13.2 Å². The van der Waals surface area contributed by atoms with E-state index in [0.29, 0.717) is 12.5 Å². The van der Waals surface area contributed by atoms with Crippen molar-refractivity contribution in [1.29, 1.82) is 0 Å². The molecule has 2 atom stereocenters. The maximum absolute atomic E-state index is 13.6. The first-order valence-corrected chi connectivity index (χ1v) is 6.07. The molecule has 1 fully saturated rings. The van der Waals surface area contributed by atoms with Gasteiger partial charge >= 0.3 is 0 Å². The summed E-state index contributed by atoms with van der Waals surface area (Å²) >= 11 is 0. The van der Waals surface area contributed by atoms with Crippen LogP contribution in [0.3, 0.4) is 0 Å². The van der Waals surface area contributed by atoms with Crippen LogP contribution in [0.4, 0.5) is 13.2 Å². The van der Waals surface area contributed by atoms with Crippen LogP contribution in [0.25, 0.3) is 0 Å². The predicted octanol–water partition coefficient (Wildman–Crippen LogP) is 1.33. The van der Waals surface area contributed by atoms with Crippen molar-refractivity contribution in [2.45, 2.75) is 18.6 Å². The number of methoxy groups -OCH3 is 1. The van der Waals surface area contributed by atoms with E-state index in [4.69, 9.17) is 4.74 Å². The number of likely N-dealkylation sites (tertiary alicyclic amines) is 1. The van der Waals surface area contributed by atoms with E-state index in [9.17, 15) is 23.1 Å². The number of carbonyl (C=O) groups excluding carboxylic acids is 1. The van der Waals surface area contributed by atoms with Crippen LogP contribution in [-0.2, 0) is 4.74 Å². The quantitative estimate of drug-likeness (QED) is 0.854. The van der Waals surface area contributed by atoms with E-state index in [1.54, 1.807) is 0 Å². The summed E-state index contributed by atoms with van der Waals surface area (Å²) in [5.41, 5.74) is -0.556. The van der Waals surface area contributed by atoms with Crippen molar-refractivity contribution in [2.24, 2.45) is 0 Å². The minimum absolute atomic E-state index is 0.166. The van der Waals surface area contributed by atoms with Crippen LogP contribution in [0, 0.1) is 17.5 Å². The van der Waals surface area contributed by atoms with Crippen LogP contribution >= 0.6 is 0 Å². The largest absolute Gasteiger partial charge is 0.394 e. The topological polar surface area (TPSA) is 49.8 Å². The third-order valence-corrected chi connectivity index (χ3v) is 3.45. The molecule has 0 aliphatic carbocycles. The summed E-state index contributed by atoms with van der Waals surface area (Å²) in [4.78, 5) is 13.4. The van der Waals surface area contributed by atoms with Gasteiger partial charge in [0.15, 0.2) is 17.5 Å². The summed E-state index contributed by atoms with van der Waals surface area (Å²) in [6.07, 6.45) is 0.133. The van der Waals surface area contributed by atoms with E-state index in [2.05, 4.69) is 0 Å². The standard InChI is InChI=1S/C13H14F3NO3/c1-20-8-4-7(6-18)17(5-8)13(19)9-2-3-10(14)12(16)11(9)15/h2-3,7-8,18H,4-6H2,1H3/t7-,8-/m0/s1. The van der Waals surface area contributed by atoms with Crippen LogP contribution in [0.1, 0.15) is 16.8 Å². The number of aliphatic hydroxyl groups excluding tert-OH is 1. The zero-order valence-electron chi connectivity index (χ0n) is 10.8. The van der Waals surface area contributed by atoms with Gasteiger partial charge in [0.25, 0.3) is 5.91 Å². The van der Waals surface area contributed by atoms with E-state index < -0.39 is 35.0 Å². The first-order valence-electron chi connectivity index (χ1n) is 6.07. The third kappa shape index (κ3) is 2.51. The Morgan fingerprint density at radius 3 is 2.70 bits per heavy atom. The first-order chi connectivity index (χ1) is 9.49. The highest BCUT2D eigenvalue weighted by Crippen LogP contribution is 2.24. The molecule has 0 saturated carbocycles. The Morgan fingerprint density at radius 1 is 1.40 bits per heavy atom. The molecule has 1 aliphatic rings. The van der Waals surface area contributed by atoms with E-state index in [0.717, 1.165) is 6.07 Å². The summed E-state index contributed by atoms with van der Waals surface area (Å²) < 4.78 is 44.7. The number of carbonyl (C=O) groups is 1. The molecule has 7 heteroatoms. The Hall–Kier alpha value is -1.60. The number of nitrogens with zero attached hydrogens (tertiary/aromatic N) is 1. The van der Waals surface area contributed by atoms with Crippen LogP contribution in [0.2, 0.25) is 0 Å². The van der Waals surface area contributed by atoms with E-state index >= 15 is 0 Å². The minimum Gasteiger partial charge on any atom is -0.394 e. The first kappa shape index (κ1) is 14.8. The monoisotopic (exact) mass is 289 g/mol. The van der Waals surface area contributed by atoms with Crippen molar-refractivity contribution in [3.63, 3.8) is 0 Å². The van der Waals surface area contributed by atoms with Gasteiger partial charge in [-0.2, -0.15) is 0 Å². The van der Waals surface area contributed by atoms with Gasteiger partial charge in [0.05, 0.1) is 24.3 Å². The number of rotatable bonds is 3. The number of amides is 1. The van der Waals surface area contributed by atoms with Gasteiger partial charge in [0.1, 0.15) is 0 Å². The Balaban J connectivity index is 2.29. The summed E-state index contributed by atoms with van der Waals surface area (Å²) in [5.74, 6) is -5.35. The molecule has 1 saturated heterocycles. The number of hydrogen-bond acceptors (Lipinski definition) is 3. The normalized spacial score (nSPS) is 22.4. The molecule has 1 aromatic carbocycles. The van der Waals surface area contributed by atoms with E-state index in [-0.39, 0.29) is 19.3 Å². The molecular formula is C13H14F3NO3. The molecule has 1 aliphatic heterocycles. The lowest BCUT2D eigenvalue weighted by Crippen LogP contribution is -2.38. The van der Waals surface area contributed by atoms with Gasteiger partial charge in [0.2, 0.25) is 0 Å². The number of ether oxygens (including phenoxy) is 1. The van der Waals surface area contributed by atoms with Crippen LogP contribution < -0.4 is 0 Å². The molecule has 110 valence electrons. The fourth-order valence-corrected chi connectivity index (χ4v) is 2.31. The number of benzene rings is 1. The van der Waals surface area contributed by atoms with Crippen molar-refractivity contribution in [3.05, 3.63) is 35.1 Å². The average molecular weight is 289 g/mol. The molecular weight excluding hydrogens is 275 g/mol. The fraction of sp³-hybridized carbons (Fsp3) is 0.462. The van der Waals surface area contributed by atoms with Gasteiger partial charge in [0, 0.05) is 13.7 Å². The van der Waals surface area contributed by atoms with Gasteiger partial charge in [-0.1, -0.05) is 0 Å². The van der Waals surface area contributed by atoms with Gasteiger partial charge in [-0.15, -0.1) is 0 Å². The summed E-state index contributed by atoms with van der Waals surface area (Å²) in [6.45, 7) is -0.143. The average Bonchev–Trinajstić information content (AvgIpc) is 2.87. The molecule has 1 N–H and O–H groups in total. The van der Waals surface area contributed by atoms with Crippen molar-refractivity contribution >= 4 is 5.91 Å². The summed E-state index contributed by atoms with van der Waals surface area (Å²) in [6, 6.07) is 1.06. The summed E-state index contributed by atoms with van der Waals surface area (Å²) in [5, 5.41) is 9.24. The second kappa shape index (κ2) is 5.80. The Labute approximate surface area is 113 Å². The fourth-order valence-electron chi connectivity index (χ4n) is 2.31. The second-order valence-corrected chi connectivity index (χ2v) is 4.61. The van der Waals surface area contributed by atoms with Gasteiger partial charge in [-0.05, 0) is 18.6 Å². The van der Waals surface area contributed by atoms with Crippen molar-refractivity contribution in [3.8, 4) is 0 Å². The highest BCUT2D eigenvalue weighted by atomic mass is 19.2. The summed E-state index contributed by atoms with van der Waals surface area (Å²) in [7, 11) is 1.46. The molecule has 20 heavy (non-hydrogen) atoms. The zero-order chi connectivity index (χ0) is 14.9. The van der Waals surface area contributed by atoms with Crippen molar-refractivity contribution < 1.29 is 27.8 Å². The Morgan fingerprint density at radius 2 is 2.10 bits per heavy atom. The van der Waals surface area contributed by atoms with E-state index in [1.807, 2.05) is 0 Å². The SMILES string of the molecule is CO[C@H]1C[C@@H](CO)N(C(=O)c2ccc(F)c(F)c2F)C1. The number of aliphatic hydroxyl groups is 1. The lowest BCUT2D eigenvalue weighted by Gasteiger charge is -2.23. The van der Waals surface area contributed by atoms with Crippen molar-refractivity contribution in [1.82, 2.24) is 4.90 Å². The molecule has 4 nitrogen and oxygen atoms in total. The maximum atomic E-state index is 13.6. The van der Waals surface area contributed by atoms with Crippen LogP contribution in [-0.4, -0.2) is 48.3 Å². The number of halogens is 3. The van der Waals surface area contributed by atoms with Crippen molar-refractivity contribution in [2.75, 3.05) is 20.3 Å². The van der Waals surface area contributed by atoms with E-state index in [1.165, 1.54) is 12.0 Å². The predicted molar refractivity (Wildman–Crippen MR) is 63.6 cm³/mol. The highest BCUT2D eigenvalue weighted by Gasteiger charge is 2.36. The smallest absolute Gasteiger partial charge is 0.257 e. The minimum atomic E-state index is -1.68. The molecule has 0 spiro atoms. The molecule has 2 rings (SSSR count). The molecule has 0 unspecified atom stereocenters. The third-order valence-electron chi connectivity index (χ3n) is 3.45. The molecule has 1 amide bonds. The highest BCUT2D eigenvalue weighted by molar-refractivity contribution is 5.95. The molecule has 0 radical (unpaired) electrons. The molecule has 0 aromatic heterocycles. The van der Waals surface area contributed by atoms with Crippen LogP contribution in [0.15, 0.2) is 12.1 Å². The van der Waals surface area contributed by atoms with Gasteiger partial charge in [-0.3, -0.25) is 4.79 Å². The van der Waals surface area contributed by atoms with Crippen LogP contribution in [0.5, 0.6) is 0 Å². The molecule has 1 heterocycles. The molecule has 1 aromatic rings. The second-order valence-electron chi connectivity index (χ2n) is 4.61. The molecule has 0 bridgehead atoms. The Kier molecular flexibility index (Phi) is 4.29. The zero-order valence-corrected chi connectivity index (χ0v) is 10.8. The van der Waals surface area contributed by atoms with Gasteiger partial charge < -0.3 is 14.7 Å². The maximum Gasteiger partial charge on any atom is 0.257 e. The lowest BCUT2D eigenvalue weighted by atomic mass is 10.1. The lowest BCUT2D eigenvalue weighted by molar-refractivity contribution is 0.0642. The Bertz CT molecular complexity index is 524. The number of hydrogen-bond donors (Lipinski definition) is 1.